The summed E-state index contributed by atoms with van der Waals surface area (Å²) in [4.78, 5) is 10.5. The second kappa shape index (κ2) is 4.38. The van der Waals surface area contributed by atoms with Crippen LogP contribution in [0, 0.1) is 0 Å². The summed E-state index contributed by atoms with van der Waals surface area (Å²) in [6, 6.07) is 9.43. The third-order valence-corrected chi connectivity index (χ3v) is 1.37. The number of ether oxygens (including phenoxy) is 2. The molecule has 0 bridgehead atoms. The molecule has 0 heterocycles. The molecule has 0 amide bonds. The monoisotopic (exact) mass is 166 g/mol. The summed E-state index contributed by atoms with van der Waals surface area (Å²) in [5.41, 5.74) is 0.947. The molecule has 0 aliphatic heterocycles. The first-order chi connectivity index (χ1) is 5.83. The maximum Gasteiger partial charge on any atom is 0.508 e. The highest BCUT2D eigenvalue weighted by Gasteiger charge is 1.99. The minimum atomic E-state index is -0.654. The fraction of sp³-hybridized carbons (Fsp3) is 0.222. The van der Waals surface area contributed by atoms with Gasteiger partial charge in [-0.15, -0.1) is 0 Å². The summed E-state index contributed by atoms with van der Waals surface area (Å²) in [5.74, 6) is 0. The predicted octanol–water partition coefficient (Wildman–Crippen LogP) is 1.97. The van der Waals surface area contributed by atoms with Crippen LogP contribution in [0.4, 0.5) is 4.79 Å². The smallest absolute Gasteiger partial charge is 0.438 e. The lowest BCUT2D eigenvalue weighted by Gasteiger charge is -2.01. The van der Waals surface area contributed by atoms with E-state index in [9.17, 15) is 4.79 Å². The molecule has 12 heavy (non-hydrogen) atoms. The molecule has 0 spiro atoms. The number of benzene rings is 1. The quantitative estimate of drug-likeness (QED) is 0.630. The number of carbonyl (C=O) groups is 1. The molecular weight excluding hydrogens is 156 g/mol. The zero-order valence-corrected chi connectivity index (χ0v) is 6.82. The van der Waals surface area contributed by atoms with Crippen molar-refractivity contribution in [1.29, 1.82) is 0 Å². The van der Waals surface area contributed by atoms with E-state index in [1.165, 1.54) is 7.11 Å². The van der Waals surface area contributed by atoms with Crippen molar-refractivity contribution < 1.29 is 14.3 Å². The van der Waals surface area contributed by atoms with E-state index in [0.29, 0.717) is 0 Å². The lowest BCUT2D eigenvalue weighted by molar-refractivity contribution is 0.0669. The topological polar surface area (TPSA) is 35.5 Å². The first kappa shape index (κ1) is 8.59. The van der Waals surface area contributed by atoms with Crippen molar-refractivity contribution in [3.8, 4) is 0 Å². The molecule has 64 valence electrons. The van der Waals surface area contributed by atoms with Gasteiger partial charge in [-0.25, -0.2) is 4.79 Å². The fourth-order valence-corrected chi connectivity index (χ4v) is 0.775. The Balaban J connectivity index is 2.38. The molecule has 0 atom stereocenters. The Kier molecular flexibility index (Phi) is 3.14. The Hall–Kier alpha value is -1.51. The molecule has 0 fully saturated rings. The van der Waals surface area contributed by atoms with Gasteiger partial charge in [0.25, 0.3) is 0 Å². The Morgan fingerprint density at radius 2 is 2.00 bits per heavy atom. The van der Waals surface area contributed by atoms with E-state index in [4.69, 9.17) is 4.74 Å². The van der Waals surface area contributed by atoms with Gasteiger partial charge in [-0.2, -0.15) is 0 Å². The van der Waals surface area contributed by atoms with Gasteiger partial charge in [-0.3, -0.25) is 0 Å². The summed E-state index contributed by atoms with van der Waals surface area (Å²) < 4.78 is 9.03. The average Bonchev–Trinajstić information content (AvgIpc) is 2.16. The van der Waals surface area contributed by atoms with Gasteiger partial charge in [0.05, 0.1) is 7.11 Å². The van der Waals surface area contributed by atoms with Crippen LogP contribution in [-0.2, 0) is 16.1 Å². The summed E-state index contributed by atoms with van der Waals surface area (Å²) >= 11 is 0. The lowest BCUT2D eigenvalue weighted by atomic mass is 10.2. The Labute approximate surface area is 70.9 Å². The lowest BCUT2D eigenvalue weighted by Crippen LogP contribution is -2.03. The largest absolute Gasteiger partial charge is 0.508 e. The van der Waals surface area contributed by atoms with E-state index < -0.39 is 6.16 Å². The van der Waals surface area contributed by atoms with E-state index in [0.717, 1.165) is 5.56 Å². The summed E-state index contributed by atoms with van der Waals surface area (Å²) in [6.45, 7) is 0.257. The second-order valence-electron chi connectivity index (χ2n) is 2.23. The molecule has 1 rings (SSSR count). The van der Waals surface area contributed by atoms with Crippen LogP contribution >= 0.6 is 0 Å². The number of methoxy groups -OCH3 is 1. The number of hydrogen-bond acceptors (Lipinski definition) is 3. The van der Waals surface area contributed by atoms with E-state index in [-0.39, 0.29) is 6.61 Å². The molecule has 1 aromatic rings. The van der Waals surface area contributed by atoms with Gasteiger partial charge in [0.2, 0.25) is 0 Å². The Morgan fingerprint density at radius 1 is 1.33 bits per heavy atom. The average molecular weight is 166 g/mol. The molecule has 0 saturated carbocycles. The van der Waals surface area contributed by atoms with Crippen molar-refractivity contribution >= 4 is 6.16 Å². The number of hydrogen-bond donors (Lipinski definition) is 0. The highest BCUT2D eigenvalue weighted by molar-refractivity contribution is 5.59. The van der Waals surface area contributed by atoms with Crippen LogP contribution in [0.15, 0.2) is 30.3 Å². The van der Waals surface area contributed by atoms with Crippen molar-refractivity contribution in [1.82, 2.24) is 0 Å². The molecule has 0 saturated heterocycles. The maximum atomic E-state index is 10.5. The van der Waals surface area contributed by atoms with Crippen LogP contribution < -0.4 is 0 Å². The molecule has 0 unspecified atom stereocenters. The van der Waals surface area contributed by atoms with Crippen LogP contribution in [0.5, 0.6) is 0 Å². The van der Waals surface area contributed by atoms with E-state index in [2.05, 4.69) is 4.74 Å². The van der Waals surface area contributed by atoms with Crippen molar-refractivity contribution in [2.75, 3.05) is 7.11 Å². The van der Waals surface area contributed by atoms with Crippen LogP contribution in [0.3, 0.4) is 0 Å². The van der Waals surface area contributed by atoms with Gasteiger partial charge in [-0.05, 0) is 5.56 Å². The molecule has 0 N–H and O–H groups in total. The number of rotatable bonds is 2. The van der Waals surface area contributed by atoms with Gasteiger partial charge in [0.1, 0.15) is 6.61 Å². The van der Waals surface area contributed by atoms with Gasteiger partial charge in [0.15, 0.2) is 0 Å². The van der Waals surface area contributed by atoms with Gasteiger partial charge >= 0.3 is 6.16 Å². The minimum Gasteiger partial charge on any atom is -0.438 e. The van der Waals surface area contributed by atoms with E-state index in [1.807, 2.05) is 30.3 Å². The maximum absolute atomic E-state index is 10.5. The zero-order valence-electron chi connectivity index (χ0n) is 6.82. The summed E-state index contributed by atoms with van der Waals surface area (Å²) in [5, 5.41) is 0. The van der Waals surface area contributed by atoms with Crippen LogP contribution in [-0.4, -0.2) is 13.3 Å². The van der Waals surface area contributed by atoms with Crippen molar-refractivity contribution in [3.05, 3.63) is 35.9 Å². The minimum absolute atomic E-state index is 0.257. The molecule has 0 radical (unpaired) electrons. The van der Waals surface area contributed by atoms with Gasteiger partial charge in [-0.1, -0.05) is 30.3 Å². The van der Waals surface area contributed by atoms with Crippen LogP contribution in [0.1, 0.15) is 5.56 Å². The SMILES string of the molecule is COC(=O)OCc1ccccc1. The fourth-order valence-electron chi connectivity index (χ4n) is 0.775. The predicted molar refractivity (Wildman–Crippen MR) is 43.6 cm³/mol. The second-order valence-corrected chi connectivity index (χ2v) is 2.23. The third kappa shape index (κ3) is 2.62. The van der Waals surface area contributed by atoms with E-state index in [1.54, 1.807) is 0 Å². The summed E-state index contributed by atoms with van der Waals surface area (Å²) in [7, 11) is 1.29. The molecule has 3 heteroatoms. The summed E-state index contributed by atoms with van der Waals surface area (Å²) in [6.07, 6.45) is -0.654. The molecule has 0 aliphatic rings. The van der Waals surface area contributed by atoms with Crippen molar-refractivity contribution in [3.63, 3.8) is 0 Å². The Bertz CT molecular complexity index is 243. The standard InChI is InChI=1S/C9H10O3/c1-11-9(10)12-7-8-5-3-2-4-6-8/h2-6H,7H2,1H3. The highest BCUT2D eigenvalue weighted by Crippen LogP contribution is 2.00. The van der Waals surface area contributed by atoms with Crippen molar-refractivity contribution in [2.45, 2.75) is 6.61 Å². The highest BCUT2D eigenvalue weighted by atomic mass is 16.7. The number of carbonyl (C=O) groups excluding carboxylic acids is 1. The molecule has 3 nitrogen and oxygen atoms in total. The first-order valence-corrected chi connectivity index (χ1v) is 3.57. The molecule has 1 aromatic carbocycles. The first-order valence-electron chi connectivity index (χ1n) is 3.57. The van der Waals surface area contributed by atoms with E-state index >= 15 is 0 Å². The molecular formula is C9H10O3. The van der Waals surface area contributed by atoms with Crippen molar-refractivity contribution in [2.24, 2.45) is 0 Å². The van der Waals surface area contributed by atoms with Crippen LogP contribution in [0.2, 0.25) is 0 Å². The normalized spacial score (nSPS) is 9.08. The zero-order chi connectivity index (χ0) is 8.81. The van der Waals surface area contributed by atoms with Crippen LogP contribution in [0.25, 0.3) is 0 Å². The van der Waals surface area contributed by atoms with Gasteiger partial charge in [0, 0.05) is 0 Å². The Morgan fingerprint density at radius 3 is 2.58 bits per heavy atom. The third-order valence-electron chi connectivity index (χ3n) is 1.37. The molecule has 0 aromatic heterocycles. The molecule has 0 aliphatic carbocycles. The van der Waals surface area contributed by atoms with Gasteiger partial charge < -0.3 is 9.47 Å².